The Morgan fingerprint density at radius 1 is 1.35 bits per heavy atom. The first-order chi connectivity index (χ1) is 8.04. The van der Waals surface area contributed by atoms with Crippen LogP contribution in [0.2, 0.25) is 0 Å². The first kappa shape index (κ1) is 13.6. The van der Waals surface area contributed by atoms with Crippen molar-refractivity contribution in [2.24, 2.45) is 11.7 Å². The van der Waals surface area contributed by atoms with Crippen LogP contribution in [0.3, 0.4) is 0 Å². The summed E-state index contributed by atoms with van der Waals surface area (Å²) < 4.78 is 0. The predicted octanol–water partition coefficient (Wildman–Crippen LogP) is 2.90. The van der Waals surface area contributed by atoms with Gasteiger partial charge < -0.3 is 5.73 Å². The smallest absolute Gasteiger partial charge is 0.269 e. The summed E-state index contributed by atoms with van der Waals surface area (Å²) in [5, 5.41) is 10.5. The van der Waals surface area contributed by atoms with E-state index in [4.69, 9.17) is 5.73 Å². The van der Waals surface area contributed by atoms with Crippen LogP contribution in [0, 0.1) is 16.0 Å². The van der Waals surface area contributed by atoms with Crippen LogP contribution in [-0.2, 0) is 6.42 Å². The number of non-ortho nitro benzene ring substituents is 1. The molecule has 0 fully saturated rings. The summed E-state index contributed by atoms with van der Waals surface area (Å²) in [6, 6.07) is 6.77. The van der Waals surface area contributed by atoms with Gasteiger partial charge in [0.25, 0.3) is 5.69 Å². The number of nitrogens with zero attached hydrogens (tertiary/aromatic N) is 1. The van der Waals surface area contributed by atoms with Gasteiger partial charge in [-0.25, -0.2) is 0 Å². The van der Waals surface area contributed by atoms with Crippen molar-refractivity contribution in [1.29, 1.82) is 0 Å². The number of nitro groups is 1. The van der Waals surface area contributed by atoms with Crippen molar-refractivity contribution in [3.63, 3.8) is 0 Å². The molecule has 4 nitrogen and oxygen atoms in total. The Hall–Kier alpha value is -1.42. The van der Waals surface area contributed by atoms with Crippen molar-refractivity contribution in [2.45, 2.75) is 39.2 Å². The summed E-state index contributed by atoms with van der Waals surface area (Å²) in [6.07, 6.45) is 3.03. The highest BCUT2D eigenvalue weighted by Gasteiger charge is 2.13. The molecule has 0 radical (unpaired) electrons. The van der Waals surface area contributed by atoms with Crippen molar-refractivity contribution in [3.05, 3.63) is 39.9 Å². The van der Waals surface area contributed by atoms with Crippen LogP contribution < -0.4 is 5.73 Å². The fourth-order valence-corrected chi connectivity index (χ4v) is 1.90. The molecule has 0 aromatic heterocycles. The van der Waals surface area contributed by atoms with Crippen LogP contribution >= 0.6 is 0 Å². The van der Waals surface area contributed by atoms with E-state index in [1.807, 2.05) is 0 Å². The monoisotopic (exact) mass is 236 g/mol. The van der Waals surface area contributed by atoms with E-state index in [9.17, 15) is 10.1 Å². The molecule has 0 spiro atoms. The summed E-state index contributed by atoms with van der Waals surface area (Å²) in [5.41, 5.74) is 7.29. The number of rotatable bonds is 6. The van der Waals surface area contributed by atoms with Gasteiger partial charge in [-0.05, 0) is 24.3 Å². The van der Waals surface area contributed by atoms with Crippen molar-refractivity contribution in [1.82, 2.24) is 0 Å². The minimum absolute atomic E-state index is 0.122. The van der Waals surface area contributed by atoms with E-state index in [2.05, 4.69) is 13.8 Å². The fraction of sp³-hybridized carbons (Fsp3) is 0.538. The Morgan fingerprint density at radius 3 is 2.41 bits per heavy atom. The maximum atomic E-state index is 10.5. The van der Waals surface area contributed by atoms with E-state index in [1.54, 1.807) is 12.1 Å². The molecule has 0 aliphatic rings. The highest BCUT2D eigenvalue weighted by Crippen LogP contribution is 2.16. The fourth-order valence-electron chi connectivity index (χ4n) is 1.90. The predicted molar refractivity (Wildman–Crippen MR) is 68.8 cm³/mol. The Morgan fingerprint density at radius 2 is 1.94 bits per heavy atom. The molecule has 1 rings (SSSR count). The Bertz CT molecular complexity index is 362. The van der Waals surface area contributed by atoms with Gasteiger partial charge in [0.2, 0.25) is 0 Å². The molecule has 1 aromatic rings. The third kappa shape index (κ3) is 4.15. The molecular formula is C13H20N2O2. The van der Waals surface area contributed by atoms with E-state index in [1.165, 1.54) is 12.1 Å². The third-order valence-corrected chi connectivity index (χ3v) is 3.09. The molecule has 2 N–H and O–H groups in total. The van der Waals surface area contributed by atoms with Crippen LogP contribution in [0.25, 0.3) is 0 Å². The normalized spacial score (nSPS) is 14.3. The van der Waals surface area contributed by atoms with Gasteiger partial charge >= 0.3 is 0 Å². The molecule has 94 valence electrons. The van der Waals surface area contributed by atoms with Gasteiger partial charge in [-0.3, -0.25) is 10.1 Å². The minimum atomic E-state index is -0.385. The molecule has 0 saturated carbocycles. The molecule has 0 heterocycles. The van der Waals surface area contributed by atoms with Crippen LogP contribution in [0.1, 0.15) is 32.3 Å². The SMILES string of the molecule is CCCC(C)C(N)Cc1ccc([N+](=O)[O-])cc1. The number of nitro benzene ring substituents is 1. The van der Waals surface area contributed by atoms with Gasteiger partial charge in [0, 0.05) is 18.2 Å². The minimum Gasteiger partial charge on any atom is -0.327 e. The summed E-state index contributed by atoms with van der Waals surface area (Å²) in [6.45, 7) is 4.30. The van der Waals surface area contributed by atoms with Gasteiger partial charge in [0.15, 0.2) is 0 Å². The quantitative estimate of drug-likeness (QED) is 0.610. The lowest BCUT2D eigenvalue weighted by Crippen LogP contribution is -2.30. The number of hydrogen-bond acceptors (Lipinski definition) is 3. The molecule has 0 aliphatic heterocycles. The molecule has 2 unspecified atom stereocenters. The van der Waals surface area contributed by atoms with Crippen molar-refractivity contribution < 1.29 is 4.92 Å². The molecule has 0 amide bonds. The summed E-state index contributed by atoms with van der Waals surface area (Å²) in [5.74, 6) is 0.482. The average Bonchev–Trinajstić information content (AvgIpc) is 2.30. The highest BCUT2D eigenvalue weighted by atomic mass is 16.6. The largest absolute Gasteiger partial charge is 0.327 e. The molecule has 0 saturated heterocycles. The zero-order chi connectivity index (χ0) is 12.8. The van der Waals surface area contributed by atoms with Crippen LogP contribution in [0.5, 0.6) is 0 Å². The van der Waals surface area contributed by atoms with Crippen molar-refractivity contribution in [2.75, 3.05) is 0 Å². The number of nitrogens with two attached hydrogens (primary N) is 1. The first-order valence-corrected chi connectivity index (χ1v) is 6.03. The van der Waals surface area contributed by atoms with E-state index in [-0.39, 0.29) is 16.7 Å². The molecule has 4 heteroatoms. The zero-order valence-electron chi connectivity index (χ0n) is 10.4. The Balaban J connectivity index is 2.59. The molecule has 17 heavy (non-hydrogen) atoms. The van der Waals surface area contributed by atoms with Gasteiger partial charge in [-0.15, -0.1) is 0 Å². The van der Waals surface area contributed by atoms with E-state index < -0.39 is 0 Å². The third-order valence-electron chi connectivity index (χ3n) is 3.09. The molecular weight excluding hydrogens is 216 g/mol. The molecule has 2 atom stereocenters. The van der Waals surface area contributed by atoms with Gasteiger partial charge in [0.05, 0.1) is 4.92 Å². The maximum Gasteiger partial charge on any atom is 0.269 e. The van der Waals surface area contributed by atoms with Crippen molar-refractivity contribution >= 4 is 5.69 Å². The molecule has 0 aliphatic carbocycles. The van der Waals surface area contributed by atoms with Crippen LogP contribution in [0.4, 0.5) is 5.69 Å². The second-order valence-corrected chi connectivity index (χ2v) is 4.56. The summed E-state index contributed by atoms with van der Waals surface area (Å²) >= 11 is 0. The number of hydrogen-bond donors (Lipinski definition) is 1. The standard InChI is InChI=1S/C13H20N2O2/c1-3-4-10(2)13(14)9-11-5-7-12(8-6-11)15(16)17/h5-8,10,13H,3-4,9,14H2,1-2H3. The Kier molecular flexibility index (Phi) is 5.10. The lowest BCUT2D eigenvalue weighted by atomic mass is 9.92. The lowest BCUT2D eigenvalue weighted by Gasteiger charge is -2.19. The second-order valence-electron chi connectivity index (χ2n) is 4.56. The summed E-state index contributed by atoms with van der Waals surface area (Å²) in [7, 11) is 0. The lowest BCUT2D eigenvalue weighted by molar-refractivity contribution is -0.384. The van der Waals surface area contributed by atoms with Crippen LogP contribution in [0.15, 0.2) is 24.3 Å². The Labute approximate surface area is 102 Å². The molecule has 0 bridgehead atoms. The maximum absolute atomic E-state index is 10.5. The zero-order valence-corrected chi connectivity index (χ0v) is 10.4. The van der Waals surface area contributed by atoms with E-state index in [0.29, 0.717) is 5.92 Å². The van der Waals surface area contributed by atoms with Gasteiger partial charge in [0.1, 0.15) is 0 Å². The van der Waals surface area contributed by atoms with Crippen molar-refractivity contribution in [3.8, 4) is 0 Å². The summed E-state index contributed by atoms with van der Waals surface area (Å²) in [4.78, 5) is 10.1. The highest BCUT2D eigenvalue weighted by molar-refractivity contribution is 5.33. The van der Waals surface area contributed by atoms with E-state index >= 15 is 0 Å². The topological polar surface area (TPSA) is 69.2 Å². The van der Waals surface area contributed by atoms with Gasteiger partial charge in [-0.1, -0.05) is 32.4 Å². The van der Waals surface area contributed by atoms with Crippen LogP contribution in [-0.4, -0.2) is 11.0 Å². The average molecular weight is 236 g/mol. The second kappa shape index (κ2) is 6.35. The first-order valence-electron chi connectivity index (χ1n) is 6.03. The number of benzene rings is 1. The van der Waals surface area contributed by atoms with Gasteiger partial charge in [-0.2, -0.15) is 0 Å². The van der Waals surface area contributed by atoms with E-state index in [0.717, 1.165) is 24.8 Å². The molecule has 1 aromatic carbocycles.